The first-order valence-electron chi connectivity index (χ1n) is 9.61. The van der Waals surface area contributed by atoms with Crippen LogP contribution >= 0.6 is 0 Å². The highest BCUT2D eigenvalue weighted by atomic mass is 19.4. The number of alkyl halides is 3. The van der Waals surface area contributed by atoms with Crippen molar-refractivity contribution in [1.82, 2.24) is 14.9 Å². The van der Waals surface area contributed by atoms with Crippen molar-refractivity contribution in [3.63, 3.8) is 0 Å². The van der Waals surface area contributed by atoms with Crippen molar-refractivity contribution < 1.29 is 27.6 Å². The third kappa shape index (κ3) is 7.97. The summed E-state index contributed by atoms with van der Waals surface area (Å²) in [5.74, 6) is -1.07. The molecule has 0 saturated heterocycles. The molecule has 1 unspecified atom stereocenters. The van der Waals surface area contributed by atoms with Gasteiger partial charge in [0.1, 0.15) is 0 Å². The Bertz CT molecular complexity index is 918. The fraction of sp³-hybridized carbons (Fsp3) is 0.381. The fourth-order valence-corrected chi connectivity index (χ4v) is 2.42. The Morgan fingerprint density at radius 1 is 1.19 bits per heavy atom. The molecule has 0 aromatic carbocycles. The molecule has 0 aliphatic carbocycles. The molecule has 0 fully saturated rings. The predicted octanol–water partition coefficient (Wildman–Crippen LogP) is 2.89. The summed E-state index contributed by atoms with van der Waals surface area (Å²) in [7, 11) is 1.75. The van der Waals surface area contributed by atoms with E-state index in [0.717, 1.165) is 18.0 Å². The van der Waals surface area contributed by atoms with E-state index in [4.69, 9.17) is 5.73 Å². The topological polar surface area (TPSA) is 118 Å². The Hall–Kier alpha value is -3.50. The lowest BCUT2D eigenvalue weighted by molar-refractivity contribution is -0.141. The maximum absolute atomic E-state index is 12.4. The molecule has 0 aliphatic rings. The average molecular weight is 453 g/mol. The number of hydrogen-bond acceptors (Lipinski definition) is 6. The van der Waals surface area contributed by atoms with Crippen LogP contribution in [-0.4, -0.2) is 46.1 Å². The lowest BCUT2D eigenvalue weighted by Crippen LogP contribution is -2.41. The van der Waals surface area contributed by atoms with E-state index in [1.165, 1.54) is 17.2 Å². The third-order valence-electron chi connectivity index (χ3n) is 4.64. The Balaban J connectivity index is 0.000000389. The molecule has 8 nitrogen and oxygen atoms in total. The maximum atomic E-state index is 12.4. The van der Waals surface area contributed by atoms with Crippen LogP contribution < -0.4 is 11.1 Å². The molecule has 3 N–H and O–H groups in total. The van der Waals surface area contributed by atoms with Crippen LogP contribution in [0.5, 0.6) is 0 Å². The molecule has 2 amide bonds. The number of primary amides is 1. The van der Waals surface area contributed by atoms with Crippen molar-refractivity contribution in [2.24, 2.45) is 11.7 Å². The number of aromatic nitrogens is 2. The van der Waals surface area contributed by atoms with Gasteiger partial charge in [0.15, 0.2) is 0 Å². The highest BCUT2D eigenvalue weighted by Gasteiger charge is 2.31. The Labute approximate surface area is 184 Å². The molecule has 1 atom stereocenters. The molecular weight excluding hydrogens is 427 g/mol. The van der Waals surface area contributed by atoms with Crippen molar-refractivity contribution in [3.8, 4) is 0 Å². The number of rotatable bonds is 7. The van der Waals surface area contributed by atoms with E-state index in [0.29, 0.717) is 11.3 Å². The highest BCUT2D eigenvalue weighted by molar-refractivity contribution is 6.23. The summed E-state index contributed by atoms with van der Waals surface area (Å²) in [5, 5.41) is 2.85. The molecule has 2 heterocycles. The van der Waals surface area contributed by atoms with Crippen molar-refractivity contribution in [2.75, 3.05) is 12.4 Å². The fourth-order valence-electron chi connectivity index (χ4n) is 2.42. The Morgan fingerprint density at radius 3 is 2.28 bits per heavy atom. The van der Waals surface area contributed by atoms with Gasteiger partial charge in [-0.1, -0.05) is 13.8 Å². The van der Waals surface area contributed by atoms with Crippen LogP contribution in [0.3, 0.4) is 0 Å². The van der Waals surface area contributed by atoms with E-state index in [1.807, 2.05) is 13.8 Å². The minimum Gasteiger partial charge on any atom is -0.387 e. The summed E-state index contributed by atoms with van der Waals surface area (Å²) in [6.45, 7) is 5.54. The maximum Gasteiger partial charge on any atom is 0.417 e. The van der Waals surface area contributed by atoms with Gasteiger partial charge in [-0.3, -0.25) is 24.4 Å². The van der Waals surface area contributed by atoms with Crippen molar-refractivity contribution in [1.29, 1.82) is 0 Å². The summed E-state index contributed by atoms with van der Waals surface area (Å²) >= 11 is 0. The average Bonchev–Trinajstić information content (AvgIpc) is 2.76. The molecule has 0 bridgehead atoms. The lowest BCUT2D eigenvalue weighted by Gasteiger charge is -2.30. The van der Waals surface area contributed by atoms with E-state index in [1.54, 1.807) is 26.2 Å². The van der Waals surface area contributed by atoms with Gasteiger partial charge < -0.3 is 16.0 Å². The first-order valence-corrected chi connectivity index (χ1v) is 9.61. The molecule has 11 heteroatoms. The number of nitrogens with zero attached hydrogens (tertiary/aromatic N) is 3. The number of anilines is 1. The summed E-state index contributed by atoms with van der Waals surface area (Å²) in [6.07, 6.45) is -0.480. The number of hydrogen-bond donors (Lipinski definition) is 2. The summed E-state index contributed by atoms with van der Waals surface area (Å²) in [6, 6.07) is 3.54. The third-order valence-corrected chi connectivity index (χ3v) is 4.64. The molecule has 2 rings (SSSR count). The number of amides is 2. The first kappa shape index (κ1) is 26.5. The van der Waals surface area contributed by atoms with Gasteiger partial charge in [-0.15, -0.1) is 0 Å². The minimum absolute atomic E-state index is 0.00490. The molecular formula is C21H26F3N5O3. The summed E-state index contributed by atoms with van der Waals surface area (Å²) in [5.41, 5.74) is 5.67. The van der Waals surface area contributed by atoms with Gasteiger partial charge in [0.05, 0.1) is 29.1 Å². The standard InChI is InChI=1S/C14H17F3N2O2.C7H9N3O/c1-9(2)10(3)19(13(21)8-20)7-12-5-4-11(6-18-12)14(15,16)17;1-9-6-2-5(7(8)11)3-10-4-6/h4-6,8-10H,7H2,1-3H3;2-4,9H,1H3,(H2,8,11). The largest absolute Gasteiger partial charge is 0.417 e. The minimum atomic E-state index is -4.45. The van der Waals surface area contributed by atoms with E-state index < -0.39 is 23.6 Å². The van der Waals surface area contributed by atoms with E-state index >= 15 is 0 Å². The quantitative estimate of drug-likeness (QED) is 0.492. The van der Waals surface area contributed by atoms with Gasteiger partial charge >= 0.3 is 6.18 Å². The Morgan fingerprint density at radius 2 is 1.84 bits per heavy atom. The zero-order valence-electron chi connectivity index (χ0n) is 18.2. The monoisotopic (exact) mass is 453 g/mol. The van der Waals surface area contributed by atoms with Gasteiger partial charge in [0, 0.05) is 31.7 Å². The van der Waals surface area contributed by atoms with Gasteiger partial charge in [0.2, 0.25) is 12.2 Å². The second-order valence-electron chi connectivity index (χ2n) is 7.18. The van der Waals surface area contributed by atoms with Crippen LogP contribution in [0.25, 0.3) is 0 Å². The van der Waals surface area contributed by atoms with E-state index in [2.05, 4.69) is 15.3 Å². The van der Waals surface area contributed by atoms with Gasteiger partial charge in [-0.05, 0) is 31.0 Å². The summed E-state index contributed by atoms with van der Waals surface area (Å²) in [4.78, 5) is 41.8. The van der Waals surface area contributed by atoms with Crippen molar-refractivity contribution in [3.05, 3.63) is 53.6 Å². The van der Waals surface area contributed by atoms with Crippen molar-refractivity contribution in [2.45, 2.75) is 39.5 Å². The predicted molar refractivity (Wildman–Crippen MR) is 112 cm³/mol. The van der Waals surface area contributed by atoms with Crippen molar-refractivity contribution >= 4 is 23.8 Å². The van der Waals surface area contributed by atoms with Crippen LogP contribution in [0.4, 0.5) is 18.9 Å². The molecule has 174 valence electrons. The van der Waals surface area contributed by atoms with Crippen LogP contribution in [0.15, 0.2) is 36.8 Å². The lowest BCUT2D eigenvalue weighted by atomic mass is 10.0. The second-order valence-corrected chi connectivity index (χ2v) is 7.18. The molecule has 0 saturated carbocycles. The SMILES string of the molecule is CC(C)C(C)N(Cc1ccc(C(F)(F)F)cn1)C(=O)C=O.CNc1cncc(C(N)=O)c1. The highest BCUT2D eigenvalue weighted by Crippen LogP contribution is 2.28. The van der Waals surface area contributed by atoms with Gasteiger partial charge in [0.25, 0.3) is 5.91 Å². The van der Waals surface area contributed by atoms with Crippen LogP contribution in [0, 0.1) is 5.92 Å². The van der Waals surface area contributed by atoms with Gasteiger partial charge in [-0.2, -0.15) is 13.2 Å². The molecule has 2 aromatic rings. The number of aldehydes is 1. The molecule has 0 spiro atoms. The second kappa shape index (κ2) is 11.8. The van der Waals surface area contributed by atoms with Crippen LogP contribution in [0.2, 0.25) is 0 Å². The number of halogens is 3. The van der Waals surface area contributed by atoms with Crippen LogP contribution in [-0.2, 0) is 22.3 Å². The normalized spacial score (nSPS) is 11.8. The zero-order valence-corrected chi connectivity index (χ0v) is 18.2. The van der Waals surface area contributed by atoms with Gasteiger partial charge in [-0.25, -0.2) is 0 Å². The van der Waals surface area contributed by atoms with E-state index in [9.17, 15) is 27.6 Å². The smallest absolute Gasteiger partial charge is 0.387 e. The number of nitrogens with one attached hydrogen (secondary N) is 1. The zero-order chi connectivity index (χ0) is 24.5. The number of nitrogens with two attached hydrogens (primary N) is 1. The summed E-state index contributed by atoms with van der Waals surface area (Å²) < 4.78 is 37.3. The van der Waals surface area contributed by atoms with Crippen LogP contribution in [0.1, 0.15) is 42.4 Å². The number of carbonyl (C=O) groups excluding carboxylic acids is 3. The molecule has 0 aliphatic heterocycles. The number of carbonyl (C=O) groups is 3. The first-order chi connectivity index (χ1) is 14.9. The number of pyridine rings is 2. The molecule has 0 radical (unpaired) electrons. The van der Waals surface area contributed by atoms with E-state index in [-0.39, 0.29) is 24.8 Å². The molecule has 2 aromatic heterocycles. The Kier molecular flexibility index (Phi) is 9.76. The molecule has 32 heavy (non-hydrogen) atoms.